The van der Waals surface area contributed by atoms with Crippen LogP contribution >= 0.6 is 0 Å². The van der Waals surface area contributed by atoms with Gasteiger partial charge in [0.2, 0.25) is 5.91 Å². The number of rotatable bonds is 7. The third kappa shape index (κ3) is 3.72. The van der Waals surface area contributed by atoms with Crippen molar-refractivity contribution in [3.63, 3.8) is 0 Å². The van der Waals surface area contributed by atoms with Crippen LogP contribution in [-0.4, -0.2) is 35.0 Å². The molecule has 0 saturated heterocycles. The van der Waals surface area contributed by atoms with E-state index in [2.05, 4.69) is 0 Å². The normalized spacial score (nSPS) is 19.7. The summed E-state index contributed by atoms with van der Waals surface area (Å²) in [5.74, 6) is 0.455. The molecule has 2 fully saturated rings. The van der Waals surface area contributed by atoms with Gasteiger partial charge in [0.1, 0.15) is 0 Å². The van der Waals surface area contributed by atoms with E-state index in [4.69, 9.17) is 5.11 Å². The predicted octanol–water partition coefficient (Wildman–Crippen LogP) is 2.14. The van der Waals surface area contributed by atoms with Gasteiger partial charge in [-0.1, -0.05) is 0 Å². The molecule has 4 heteroatoms. The van der Waals surface area contributed by atoms with Crippen LogP contribution in [0.1, 0.15) is 46.0 Å². The van der Waals surface area contributed by atoms with Crippen LogP contribution in [0.5, 0.6) is 0 Å². The van der Waals surface area contributed by atoms with E-state index in [1.54, 1.807) is 13.8 Å². The number of carboxylic acid groups (broad SMARTS) is 1. The van der Waals surface area contributed by atoms with Crippen LogP contribution in [0.4, 0.5) is 0 Å². The van der Waals surface area contributed by atoms with Crippen molar-refractivity contribution in [2.75, 3.05) is 13.1 Å². The molecule has 0 heterocycles. The minimum absolute atomic E-state index is 0.0150. The Morgan fingerprint density at radius 3 is 1.89 bits per heavy atom. The molecule has 2 saturated carbocycles. The maximum atomic E-state index is 12.3. The van der Waals surface area contributed by atoms with Gasteiger partial charge in [-0.3, -0.25) is 9.59 Å². The van der Waals surface area contributed by atoms with E-state index >= 15 is 0 Å². The van der Waals surface area contributed by atoms with Crippen molar-refractivity contribution in [3.05, 3.63) is 0 Å². The minimum atomic E-state index is -0.956. The summed E-state index contributed by atoms with van der Waals surface area (Å²) < 4.78 is 0. The molecule has 18 heavy (non-hydrogen) atoms. The van der Waals surface area contributed by atoms with Crippen LogP contribution < -0.4 is 0 Å². The van der Waals surface area contributed by atoms with Gasteiger partial charge < -0.3 is 10.0 Å². The van der Waals surface area contributed by atoms with E-state index in [0.717, 1.165) is 13.1 Å². The Bertz CT molecular complexity index is 329. The second-order valence-corrected chi connectivity index (χ2v) is 6.55. The van der Waals surface area contributed by atoms with Crippen molar-refractivity contribution in [3.8, 4) is 0 Å². The van der Waals surface area contributed by atoms with E-state index in [9.17, 15) is 9.59 Å². The molecule has 1 N–H and O–H groups in total. The zero-order valence-electron chi connectivity index (χ0n) is 11.3. The molecule has 0 radical (unpaired) electrons. The number of hydrogen-bond acceptors (Lipinski definition) is 2. The van der Waals surface area contributed by atoms with E-state index < -0.39 is 11.4 Å². The van der Waals surface area contributed by atoms with Gasteiger partial charge in [-0.2, -0.15) is 0 Å². The largest absolute Gasteiger partial charge is 0.481 e. The molecule has 0 spiro atoms. The van der Waals surface area contributed by atoms with Gasteiger partial charge in [0, 0.05) is 19.5 Å². The van der Waals surface area contributed by atoms with Crippen LogP contribution in [0.2, 0.25) is 0 Å². The standard InChI is InChI=1S/C14H23NO3/c1-14(2,13(17)18)7-12(16)15(8-10-3-4-10)9-11-5-6-11/h10-11H,3-9H2,1-2H3,(H,17,18). The summed E-state index contributed by atoms with van der Waals surface area (Å²) in [5.41, 5.74) is -0.956. The summed E-state index contributed by atoms with van der Waals surface area (Å²) in [5, 5.41) is 9.09. The van der Waals surface area contributed by atoms with Crippen LogP contribution in [-0.2, 0) is 9.59 Å². The molecular weight excluding hydrogens is 230 g/mol. The van der Waals surface area contributed by atoms with Crippen LogP contribution in [0, 0.1) is 17.3 Å². The van der Waals surface area contributed by atoms with Crippen molar-refractivity contribution in [2.24, 2.45) is 17.3 Å². The highest BCUT2D eigenvalue weighted by Gasteiger charge is 2.36. The molecule has 0 atom stereocenters. The summed E-state index contributed by atoms with van der Waals surface area (Å²) in [7, 11) is 0. The second kappa shape index (κ2) is 4.90. The summed E-state index contributed by atoms with van der Waals surface area (Å²) in [4.78, 5) is 25.2. The number of aliphatic carboxylic acids is 1. The first-order valence-electron chi connectivity index (χ1n) is 6.89. The number of carbonyl (C=O) groups excluding carboxylic acids is 1. The molecule has 0 aromatic rings. The van der Waals surface area contributed by atoms with Crippen LogP contribution in [0.3, 0.4) is 0 Å². The maximum absolute atomic E-state index is 12.3. The molecule has 0 aromatic carbocycles. The summed E-state index contributed by atoms with van der Waals surface area (Å²) in [6, 6.07) is 0. The number of amides is 1. The van der Waals surface area contributed by atoms with Crippen molar-refractivity contribution in [2.45, 2.75) is 46.0 Å². The Kier molecular flexibility index (Phi) is 3.64. The van der Waals surface area contributed by atoms with Gasteiger partial charge >= 0.3 is 5.97 Å². The Hall–Kier alpha value is -1.06. The molecule has 0 aromatic heterocycles. The monoisotopic (exact) mass is 253 g/mol. The minimum Gasteiger partial charge on any atom is -0.481 e. The smallest absolute Gasteiger partial charge is 0.309 e. The van der Waals surface area contributed by atoms with Gasteiger partial charge in [0.15, 0.2) is 0 Å². The average molecular weight is 253 g/mol. The quantitative estimate of drug-likeness (QED) is 0.756. The van der Waals surface area contributed by atoms with E-state index in [-0.39, 0.29) is 12.3 Å². The third-order valence-corrected chi connectivity index (χ3v) is 3.88. The molecule has 102 valence electrons. The number of nitrogens with zero attached hydrogens (tertiary/aromatic N) is 1. The highest BCUT2D eigenvalue weighted by Crippen LogP contribution is 2.34. The lowest BCUT2D eigenvalue weighted by molar-refractivity contribution is -0.151. The fourth-order valence-corrected chi connectivity index (χ4v) is 2.07. The van der Waals surface area contributed by atoms with Gasteiger partial charge in [0.05, 0.1) is 5.41 Å². The Labute approximate surface area is 108 Å². The fraction of sp³-hybridized carbons (Fsp3) is 0.857. The third-order valence-electron chi connectivity index (χ3n) is 3.88. The fourth-order valence-electron chi connectivity index (χ4n) is 2.07. The second-order valence-electron chi connectivity index (χ2n) is 6.55. The predicted molar refractivity (Wildman–Crippen MR) is 68.1 cm³/mol. The van der Waals surface area contributed by atoms with Crippen LogP contribution in [0.15, 0.2) is 0 Å². The van der Waals surface area contributed by atoms with Gasteiger partial charge in [-0.25, -0.2) is 0 Å². The highest BCUT2D eigenvalue weighted by atomic mass is 16.4. The number of carbonyl (C=O) groups is 2. The number of hydrogen-bond donors (Lipinski definition) is 1. The summed E-state index contributed by atoms with van der Waals surface area (Å²) in [6.45, 7) is 4.93. The van der Waals surface area contributed by atoms with Crippen molar-refractivity contribution < 1.29 is 14.7 Å². The lowest BCUT2D eigenvalue weighted by Gasteiger charge is -2.26. The summed E-state index contributed by atoms with van der Waals surface area (Å²) >= 11 is 0. The van der Waals surface area contributed by atoms with Gasteiger partial charge in [0.25, 0.3) is 0 Å². The van der Waals surface area contributed by atoms with E-state index in [0.29, 0.717) is 11.8 Å². The molecule has 2 aliphatic carbocycles. The first kappa shape index (κ1) is 13.4. The van der Waals surface area contributed by atoms with Crippen molar-refractivity contribution >= 4 is 11.9 Å². The molecule has 0 bridgehead atoms. The van der Waals surface area contributed by atoms with Crippen molar-refractivity contribution in [1.82, 2.24) is 4.90 Å². The molecule has 2 rings (SSSR count). The first-order chi connectivity index (χ1) is 8.38. The topological polar surface area (TPSA) is 57.6 Å². The van der Waals surface area contributed by atoms with Gasteiger partial charge in [-0.15, -0.1) is 0 Å². The molecule has 1 amide bonds. The average Bonchev–Trinajstić information content (AvgIpc) is 3.09. The first-order valence-corrected chi connectivity index (χ1v) is 6.89. The highest BCUT2D eigenvalue weighted by molar-refractivity contribution is 5.84. The number of carboxylic acids is 1. The zero-order valence-corrected chi connectivity index (χ0v) is 11.3. The van der Waals surface area contributed by atoms with Gasteiger partial charge in [-0.05, 0) is 51.4 Å². The molecule has 4 nitrogen and oxygen atoms in total. The summed E-state index contributed by atoms with van der Waals surface area (Å²) in [6.07, 6.45) is 4.99. The van der Waals surface area contributed by atoms with Crippen LogP contribution in [0.25, 0.3) is 0 Å². The maximum Gasteiger partial charge on any atom is 0.309 e. The molecule has 0 aliphatic heterocycles. The Morgan fingerprint density at radius 1 is 1.11 bits per heavy atom. The Balaban J connectivity index is 1.90. The van der Waals surface area contributed by atoms with Crippen molar-refractivity contribution in [1.29, 1.82) is 0 Å². The molecule has 0 unspecified atom stereocenters. The Morgan fingerprint density at radius 2 is 1.56 bits per heavy atom. The SMILES string of the molecule is CC(C)(CC(=O)N(CC1CC1)CC1CC1)C(=O)O. The zero-order chi connectivity index (χ0) is 13.3. The lowest BCUT2D eigenvalue weighted by atomic mass is 9.89. The molecular formula is C14H23NO3. The van der Waals surface area contributed by atoms with E-state index in [1.165, 1.54) is 25.7 Å². The lowest BCUT2D eigenvalue weighted by Crippen LogP contribution is -2.39. The molecule has 2 aliphatic rings. The van der Waals surface area contributed by atoms with E-state index in [1.807, 2.05) is 4.90 Å².